The van der Waals surface area contributed by atoms with Gasteiger partial charge in [-0.1, -0.05) is 28.9 Å². The Bertz CT molecular complexity index is 900. The van der Waals surface area contributed by atoms with Gasteiger partial charge in [0.25, 0.3) is 0 Å². The van der Waals surface area contributed by atoms with Gasteiger partial charge >= 0.3 is 5.97 Å². The van der Waals surface area contributed by atoms with Crippen LogP contribution in [0.2, 0.25) is 5.02 Å². The van der Waals surface area contributed by atoms with Crippen LogP contribution in [-0.4, -0.2) is 40.3 Å². The molecule has 0 saturated carbocycles. The minimum absolute atomic E-state index is 0.163. The van der Waals surface area contributed by atoms with Crippen LogP contribution in [0.5, 0.6) is 11.5 Å². The maximum Gasteiger partial charge on any atom is 0.358 e. The quantitative estimate of drug-likeness (QED) is 0.752. The van der Waals surface area contributed by atoms with Crippen molar-refractivity contribution in [3.8, 4) is 28.4 Å². The van der Waals surface area contributed by atoms with E-state index in [1.807, 2.05) is 0 Å². The van der Waals surface area contributed by atoms with Crippen molar-refractivity contribution in [2.75, 3.05) is 14.2 Å². The van der Waals surface area contributed by atoms with Gasteiger partial charge in [-0.15, -0.1) is 5.10 Å². The predicted molar refractivity (Wildman–Crippen MR) is 91.9 cm³/mol. The van der Waals surface area contributed by atoms with E-state index in [0.717, 1.165) is 0 Å². The van der Waals surface area contributed by atoms with Crippen LogP contribution in [0, 0.1) is 0 Å². The number of benzene rings is 2. The highest BCUT2D eigenvalue weighted by molar-refractivity contribution is 6.30. The van der Waals surface area contributed by atoms with E-state index in [9.17, 15) is 9.90 Å². The second-order valence-electron chi connectivity index (χ2n) is 5.08. The van der Waals surface area contributed by atoms with Crippen LogP contribution < -0.4 is 9.47 Å². The molecule has 8 heteroatoms. The maximum absolute atomic E-state index is 11.6. The summed E-state index contributed by atoms with van der Waals surface area (Å²) in [7, 11) is 3.06. The highest BCUT2D eigenvalue weighted by Gasteiger charge is 2.22. The zero-order valence-corrected chi connectivity index (χ0v) is 14.2. The second-order valence-corrected chi connectivity index (χ2v) is 5.52. The molecule has 0 aliphatic rings. The van der Waals surface area contributed by atoms with Crippen molar-refractivity contribution in [1.29, 1.82) is 0 Å². The molecule has 0 spiro atoms. The molecule has 1 heterocycles. The summed E-state index contributed by atoms with van der Waals surface area (Å²) in [4.78, 5) is 11.6. The Balaban J connectivity index is 2.24. The lowest BCUT2D eigenvalue weighted by Gasteiger charge is -2.11. The van der Waals surface area contributed by atoms with Crippen LogP contribution in [0.25, 0.3) is 16.9 Å². The van der Waals surface area contributed by atoms with Crippen molar-refractivity contribution in [1.82, 2.24) is 15.0 Å². The molecule has 2 aromatic carbocycles. The third kappa shape index (κ3) is 3.27. The number of methoxy groups -OCH3 is 2. The Morgan fingerprint density at radius 1 is 1.08 bits per heavy atom. The van der Waals surface area contributed by atoms with Gasteiger partial charge in [-0.2, -0.15) is 0 Å². The number of nitrogens with zero attached hydrogens (tertiary/aromatic N) is 3. The molecule has 0 aliphatic carbocycles. The molecule has 0 bridgehead atoms. The minimum atomic E-state index is -1.17. The number of aromatic carboxylic acids is 1. The van der Waals surface area contributed by atoms with Crippen molar-refractivity contribution in [3.05, 3.63) is 53.2 Å². The summed E-state index contributed by atoms with van der Waals surface area (Å²) >= 11 is 5.92. The Labute approximate surface area is 148 Å². The zero-order chi connectivity index (χ0) is 18.0. The normalized spacial score (nSPS) is 10.5. The number of carboxylic acids is 1. The topological polar surface area (TPSA) is 86.5 Å². The monoisotopic (exact) mass is 359 g/mol. The lowest BCUT2D eigenvalue weighted by molar-refractivity contribution is 0.0691. The highest BCUT2D eigenvalue weighted by Crippen LogP contribution is 2.30. The third-order valence-electron chi connectivity index (χ3n) is 3.57. The maximum atomic E-state index is 11.6. The van der Waals surface area contributed by atoms with Crippen LogP contribution >= 0.6 is 11.6 Å². The molecule has 0 atom stereocenters. The minimum Gasteiger partial charge on any atom is -0.497 e. The number of rotatable bonds is 5. The average molecular weight is 360 g/mol. The Kier molecular flexibility index (Phi) is 4.58. The molecule has 128 valence electrons. The average Bonchev–Trinajstić information content (AvgIpc) is 3.07. The molecule has 0 aliphatic heterocycles. The van der Waals surface area contributed by atoms with Crippen molar-refractivity contribution >= 4 is 17.6 Å². The highest BCUT2D eigenvalue weighted by atomic mass is 35.5. The smallest absolute Gasteiger partial charge is 0.358 e. The van der Waals surface area contributed by atoms with Crippen LogP contribution in [-0.2, 0) is 0 Å². The van der Waals surface area contributed by atoms with Crippen LogP contribution in [0.3, 0.4) is 0 Å². The molecule has 1 aromatic heterocycles. The number of hydrogen-bond donors (Lipinski definition) is 1. The van der Waals surface area contributed by atoms with E-state index >= 15 is 0 Å². The number of ether oxygens (including phenoxy) is 2. The SMILES string of the molecule is COc1cc(OC)cc(-n2nnc(C(=O)O)c2-c2ccc(Cl)cc2)c1. The van der Waals surface area contributed by atoms with Crippen molar-refractivity contribution < 1.29 is 19.4 Å². The first kappa shape index (κ1) is 16.8. The first-order valence-electron chi connectivity index (χ1n) is 7.22. The van der Waals surface area contributed by atoms with E-state index in [4.69, 9.17) is 21.1 Å². The van der Waals surface area contributed by atoms with Crippen LogP contribution in [0.4, 0.5) is 0 Å². The molecular weight excluding hydrogens is 346 g/mol. The van der Waals surface area contributed by atoms with Crippen molar-refractivity contribution in [2.24, 2.45) is 0 Å². The lowest BCUT2D eigenvalue weighted by Crippen LogP contribution is -2.04. The molecule has 0 saturated heterocycles. The molecule has 0 radical (unpaired) electrons. The number of aromatic nitrogens is 3. The largest absolute Gasteiger partial charge is 0.497 e. The zero-order valence-electron chi connectivity index (χ0n) is 13.4. The number of hydrogen-bond acceptors (Lipinski definition) is 5. The third-order valence-corrected chi connectivity index (χ3v) is 3.82. The van der Waals surface area contributed by atoms with Gasteiger partial charge in [0.2, 0.25) is 0 Å². The fourth-order valence-corrected chi connectivity index (χ4v) is 2.51. The lowest BCUT2D eigenvalue weighted by atomic mass is 10.1. The molecule has 3 rings (SSSR count). The summed E-state index contributed by atoms with van der Waals surface area (Å²) in [5, 5.41) is 17.8. The fraction of sp³-hybridized carbons (Fsp3) is 0.118. The van der Waals surface area contributed by atoms with Gasteiger partial charge in [-0.3, -0.25) is 0 Å². The summed E-state index contributed by atoms with van der Waals surface area (Å²) in [5.41, 5.74) is 1.35. The van der Waals surface area contributed by atoms with Crippen molar-refractivity contribution in [2.45, 2.75) is 0 Å². The van der Waals surface area contributed by atoms with Gasteiger partial charge in [-0.25, -0.2) is 9.48 Å². The van der Waals surface area contributed by atoms with E-state index in [2.05, 4.69) is 10.3 Å². The van der Waals surface area contributed by atoms with E-state index in [-0.39, 0.29) is 5.69 Å². The first-order valence-corrected chi connectivity index (χ1v) is 7.59. The Hall–Kier alpha value is -3.06. The van der Waals surface area contributed by atoms with Gasteiger partial charge in [-0.05, 0) is 12.1 Å². The van der Waals surface area contributed by atoms with Gasteiger partial charge in [0.1, 0.15) is 17.2 Å². The molecular formula is C17H14ClN3O4. The van der Waals surface area contributed by atoms with Gasteiger partial charge in [0.05, 0.1) is 19.9 Å². The second kappa shape index (κ2) is 6.82. The standard InChI is InChI=1S/C17H14ClN3O4/c1-24-13-7-12(8-14(9-13)25-2)21-16(15(17(22)23)19-20-21)10-3-5-11(18)6-4-10/h3-9H,1-2H3,(H,22,23). The molecule has 3 aromatic rings. The molecule has 0 amide bonds. The van der Waals surface area contributed by atoms with Gasteiger partial charge in [0.15, 0.2) is 5.69 Å². The summed E-state index contributed by atoms with van der Waals surface area (Å²) in [6, 6.07) is 11.9. The molecule has 7 nitrogen and oxygen atoms in total. The molecule has 0 unspecified atom stereocenters. The Morgan fingerprint density at radius 2 is 1.68 bits per heavy atom. The van der Waals surface area contributed by atoms with Gasteiger partial charge in [0, 0.05) is 28.8 Å². The Morgan fingerprint density at radius 3 is 2.20 bits per heavy atom. The van der Waals surface area contributed by atoms with Crippen molar-refractivity contribution in [3.63, 3.8) is 0 Å². The molecule has 0 fully saturated rings. The van der Waals surface area contributed by atoms with Crippen LogP contribution in [0.15, 0.2) is 42.5 Å². The number of carboxylic acid groups (broad SMARTS) is 1. The van der Waals surface area contributed by atoms with Gasteiger partial charge < -0.3 is 14.6 Å². The first-order chi connectivity index (χ1) is 12.0. The summed E-state index contributed by atoms with van der Waals surface area (Å²) in [5.74, 6) is -0.0846. The summed E-state index contributed by atoms with van der Waals surface area (Å²) in [6.45, 7) is 0. The summed E-state index contributed by atoms with van der Waals surface area (Å²) < 4.78 is 11.9. The number of halogens is 1. The molecule has 1 N–H and O–H groups in total. The fourth-order valence-electron chi connectivity index (χ4n) is 2.39. The number of carbonyl (C=O) groups is 1. The molecule has 25 heavy (non-hydrogen) atoms. The van der Waals surface area contributed by atoms with E-state index in [1.165, 1.54) is 18.9 Å². The van der Waals surface area contributed by atoms with E-state index < -0.39 is 5.97 Å². The predicted octanol–water partition coefficient (Wildman–Crippen LogP) is 3.30. The van der Waals surface area contributed by atoms with Crippen LogP contribution in [0.1, 0.15) is 10.5 Å². The van der Waals surface area contributed by atoms with E-state index in [0.29, 0.717) is 33.5 Å². The van der Waals surface area contributed by atoms with E-state index in [1.54, 1.807) is 42.5 Å². The summed E-state index contributed by atoms with van der Waals surface area (Å²) in [6.07, 6.45) is 0.